The molecule has 6 heteroatoms. The SMILES string of the molecule is CCCNc1nc(C)nc(N(C)CC(O)COC)c1C. The van der Waals surface area contributed by atoms with Gasteiger partial charge in [0.25, 0.3) is 0 Å². The quantitative estimate of drug-likeness (QED) is 0.750. The number of rotatable bonds is 8. The third-order valence-electron chi connectivity index (χ3n) is 2.98. The number of anilines is 2. The number of aliphatic hydroxyl groups is 1. The van der Waals surface area contributed by atoms with Crippen LogP contribution < -0.4 is 10.2 Å². The molecule has 0 saturated heterocycles. The Morgan fingerprint density at radius 1 is 1.35 bits per heavy atom. The summed E-state index contributed by atoms with van der Waals surface area (Å²) in [6, 6.07) is 0. The van der Waals surface area contributed by atoms with Crippen molar-refractivity contribution in [2.75, 3.05) is 44.1 Å². The van der Waals surface area contributed by atoms with Gasteiger partial charge in [0.15, 0.2) is 0 Å². The molecule has 0 aliphatic rings. The van der Waals surface area contributed by atoms with Crippen molar-refractivity contribution in [1.29, 1.82) is 0 Å². The molecule has 1 aromatic rings. The van der Waals surface area contributed by atoms with E-state index in [-0.39, 0.29) is 0 Å². The highest BCUT2D eigenvalue weighted by Gasteiger charge is 2.15. The Bertz CT molecular complexity index is 426. The molecule has 0 saturated carbocycles. The second-order valence-corrected chi connectivity index (χ2v) is 4.98. The molecule has 0 amide bonds. The van der Waals surface area contributed by atoms with Crippen molar-refractivity contribution in [3.05, 3.63) is 11.4 Å². The summed E-state index contributed by atoms with van der Waals surface area (Å²) in [5.74, 6) is 2.42. The van der Waals surface area contributed by atoms with Crippen LogP contribution in [0.15, 0.2) is 0 Å². The molecule has 0 fully saturated rings. The van der Waals surface area contributed by atoms with Crippen LogP contribution in [0.25, 0.3) is 0 Å². The van der Waals surface area contributed by atoms with Crippen molar-refractivity contribution in [2.45, 2.75) is 33.3 Å². The van der Waals surface area contributed by atoms with Crippen molar-refractivity contribution in [2.24, 2.45) is 0 Å². The van der Waals surface area contributed by atoms with Gasteiger partial charge in [-0.15, -0.1) is 0 Å². The lowest BCUT2D eigenvalue weighted by Crippen LogP contribution is -2.33. The maximum absolute atomic E-state index is 9.83. The number of aliphatic hydroxyl groups excluding tert-OH is 1. The number of nitrogens with one attached hydrogen (secondary N) is 1. The Hall–Kier alpha value is -1.40. The smallest absolute Gasteiger partial charge is 0.137 e. The number of ether oxygens (including phenoxy) is 1. The van der Waals surface area contributed by atoms with Crippen molar-refractivity contribution < 1.29 is 9.84 Å². The Labute approximate surface area is 121 Å². The first-order valence-electron chi connectivity index (χ1n) is 6.96. The van der Waals surface area contributed by atoms with Gasteiger partial charge in [0.2, 0.25) is 0 Å². The molecule has 114 valence electrons. The summed E-state index contributed by atoms with van der Waals surface area (Å²) >= 11 is 0. The van der Waals surface area contributed by atoms with Crippen molar-refractivity contribution >= 4 is 11.6 Å². The number of aryl methyl sites for hydroxylation is 1. The highest BCUT2D eigenvalue weighted by Crippen LogP contribution is 2.22. The van der Waals surface area contributed by atoms with E-state index in [0.717, 1.165) is 36.0 Å². The predicted molar refractivity (Wildman–Crippen MR) is 81.4 cm³/mol. The van der Waals surface area contributed by atoms with Crippen LogP contribution in [0.3, 0.4) is 0 Å². The molecule has 0 aliphatic carbocycles. The molecule has 0 aromatic carbocycles. The molecular weight excluding hydrogens is 256 g/mol. The number of methoxy groups -OCH3 is 1. The van der Waals surface area contributed by atoms with Gasteiger partial charge in [-0.1, -0.05) is 6.92 Å². The average molecular weight is 282 g/mol. The lowest BCUT2D eigenvalue weighted by molar-refractivity contribution is 0.0694. The van der Waals surface area contributed by atoms with Crippen LogP contribution in [0, 0.1) is 13.8 Å². The molecule has 1 unspecified atom stereocenters. The second kappa shape index (κ2) is 8.01. The molecule has 6 nitrogen and oxygen atoms in total. The van der Waals surface area contributed by atoms with Gasteiger partial charge < -0.3 is 20.1 Å². The van der Waals surface area contributed by atoms with E-state index in [1.54, 1.807) is 7.11 Å². The fourth-order valence-corrected chi connectivity index (χ4v) is 2.05. The van der Waals surface area contributed by atoms with Gasteiger partial charge in [-0.3, -0.25) is 0 Å². The Balaban J connectivity index is 2.90. The van der Waals surface area contributed by atoms with E-state index in [4.69, 9.17) is 4.74 Å². The molecule has 2 N–H and O–H groups in total. The van der Waals surface area contributed by atoms with Crippen LogP contribution in [0.1, 0.15) is 24.7 Å². The van der Waals surface area contributed by atoms with Crippen LogP contribution >= 0.6 is 0 Å². The highest BCUT2D eigenvalue weighted by atomic mass is 16.5. The summed E-state index contributed by atoms with van der Waals surface area (Å²) in [6.07, 6.45) is 0.506. The van der Waals surface area contributed by atoms with Crippen LogP contribution in [0.5, 0.6) is 0 Å². The van der Waals surface area contributed by atoms with E-state index < -0.39 is 6.10 Å². The summed E-state index contributed by atoms with van der Waals surface area (Å²) in [7, 11) is 3.49. The molecule has 0 radical (unpaired) electrons. The first kappa shape index (κ1) is 16.7. The topological polar surface area (TPSA) is 70.5 Å². The van der Waals surface area contributed by atoms with Gasteiger partial charge in [-0.05, 0) is 20.3 Å². The van der Waals surface area contributed by atoms with Crippen LogP contribution in [-0.4, -0.2) is 55.0 Å². The van der Waals surface area contributed by atoms with Crippen molar-refractivity contribution in [3.63, 3.8) is 0 Å². The van der Waals surface area contributed by atoms with Gasteiger partial charge >= 0.3 is 0 Å². The minimum Gasteiger partial charge on any atom is -0.389 e. The number of likely N-dealkylation sites (N-methyl/N-ethyl adjacent to an activating group) is 1. The molecule has 0 bridgehead atoms. The highest BCUT2D eigenvalue weighted by molar-refractivity contribution is 5.58. The van der Waals surface area contributed by atoms with Crippen molar-refractivity contribution in [1.82, 2.24) is 9.97 Å². The first-order chi connectivity index (χ1) is 9.49. The lowest BCUT2D eigenvalue weighted by Gasteiger charge is -2.24. The lowest BCUT2D eigenvalue weighted by atomic mass is 10.2. The molecule has 1 aromatic heterocycles. The minimum atomic E-state index is -0.535. The van der Waals surface area contributed by atoms with E-state index in [9.17, 15) is 5.11 Å². The zero-order valence-electron chi connectivity index (χ0n) is 13.1. The van der Waals surface area contributed by atoms with Crippen LogP contribution in [0.2, 0.25) is 0 Å². The van der Waals surface area contributed by atoms with Crippen LogP contribution in [-0.2, 0) is 4.74 Å². The summed E-state index contributed by atoms with van der Waals surface area (Å²) in [5.41, 5.74) is 0.996. The fraction of sp³-hybridized carbons (Fsp3) is 0.714. The molecule has 0 aliphatic heterocycles. The van der Waals surface area contributed by atoms with Gasteiger partial charge in [0.05, 0.1) is 12.7 Å². The Morgan fingerprint density at radius 3 is 2.65 bits per heavy atom. The predicted octanol–water partition coefficient (Wildman–Crippen LogP) is 1.36. The Kier molecular flexibility index (Phi) is 6.67. The molecule has 1 atom stereocenters. The average Bonchev–Trinajstić information content (AvgIpc) is 2.39. The number of hydrogen-bond acceptors (Lipinski definition) is 6. The zero-order valence-corrected chi connectivity index (χ0v) is 13.1. The molecule has 20 heavy (non-hydrogen) atoms. The second-order valence-electron chi connectivity index (χ2n) is 4.98. The van der Waals surface area contributed by atoms with E-state index in [2.05, 4.69) is 22.2 Å². The van der Waals surface area contributed by atoms with Gasteiger partial charge in [0, 0.05) is 32.8 Å². The third kappa shape index (κ3) is 4.61. The maximum Gasteiger partial charge on any atom is 0.137 e. The fourth-order valence-electron chi connectivity index (χ4n) is 2.05. The summed E-state index contributed by atoms with van der Waals surface area (Å²) in [6.45, 7) is 7.65. The van der Waals surface area contributed by atoms with E-state index in [1.165, 1.54) is 0 Å². The van der Waals surface area contributed by atoms with E-state index >= 15 is 0 Å². The monoisotopic (exact) mass is 282 g/mol. The summed E-state index contributed by atoms with van der Waals surface area (Å²) in [4.78, 5) is 10.8. The zero-order chi connectivity index (χ0) is 15.1. The molecular formula is C14H26N4O2. The first-order valence-corrected chi connectivity index (χ1v) is 6.96. The standard InChI is InChI=1S/C14H26N4O2/c1-6-7-15-13-10(2)14(17-11(3)16-13)18(4)8-12(19)9-20-5/h12,19H,6-9H2,1-5H3,(H,15,16,17). The number of aromatic nitrogens is 2. The van der Waals surface area contributed by atoms with Gasteiger partial charge in [-0.25, -0.2) is 9.97 Å². The van der Waals surface area contributed by atoms with Gasteiger partial charge in [0.1, 0.15) is 17.5 Å². The normalized spacial score (nSPS) is 12.3. The molecule has 1 heterocycles. The van der Waals surface area contributed by atoms with E-state index in [1.807, 2.05) is 25.8 Å². The summed E-state index contributed by atoms with van der Waals surface area (Å²) in [5, 5.41) is 13.1. The molecule has 1 rings (SSSR count). The van der Waals surface area contributed by atoms with E-state index in [0.29, 0.717) is 13.2 Å². The maximum atomic E-state index is 9.83. The molecule has 0 spiro atoms. The Morgan fingerprint density at radius 2 is 2.05 bits per heavy atom. The minimum absolute atomic E-state index is 0.314. The summed E-state index contributed by atoms with van der Waals surface area (Å²) < 4.78 is 4.95. The van der Waals surface area contributed by atoms with Crippen molar-refractivity contribution in [3.8, 4) is 0 Å². The van der Waals surface area contributed by atoms with Crippen LogP contribution in [0.4, 0.5) is 11.6 Å². The third-order valence-corrected chi connectivity index (χ3v) is 2.98. The number of hydrogen-bond donors (Lipinski definition) is 2. The van der Waals surface area contributed by atoms with Gasteiger partial charge in [-0.2, -0.15) is 0 Å². The largest absolute Gasteiger partial charge is 0.389 e. The number of nitrogens with zero attached hydrogens (tertiary/aromatic N) is 3.